The van der Waals surface area contributed by atoms with Crippen LogP contribution in [0.25, 0.3) is 0 Å². The smallest absolute Gasteiger partial charge is 0.161 e. The second-order valence-electron chi connectivity index (χ2n) is 5.27. The van der Waals surface area contributed by atoms with E-state index in [0.717, 1.165) is 24.8 Å². The zero-order valence-electron chi connectivity index (χ0n) is 12.0. The maximum absolute atomic E-state index is 10.0. The molecule has 0 saturated heterocycles. The number of aliphatic hydroxyl groups is 1. The number of hydrogen-bond acceptors (Lipinski definition) is 4. The quantitative estimate of drug-likeness (QED) is 0.716. The summed E-state index contributed by atoms with van der Waals surface area (Å²) < 4.78 is 10.8. The SMILES string of the molecule is C=CCOc1ccc(CNCC2(O)CCC2)cc1OC. The molecule has 0 bridgehead atoms. The first-order valence-corrected chi connectivity index (χ1v) is 7.00. The summed E-state index contributed by atoms with van der Waals surface area (Å²) >= 11 is 0. The lowest BCUT2D eigenvalue weighted by Crippen LogP contribution is -2.45. The summed E-state index contributed by atoms with van der Waals surface area (Å²) in [7, 11) is 1.63. The molecule has 110 valence electrons. The standard InChI is InChI=1S/C16H23NO3/c1-3-9-20-14-6-5-13(10-15(14)19-2)11-17-12-16(18)7-4-8-16/h3,5-6,10,17-18H,1,4,7-9,11-12H2,2H3. The van der Waals surface area contributed by atoms with E-state index in [1.165, 1.54) is 0 Å². The Labute approximate surface area is 120 Å². The van der Waals surface area contributed by atoms with Gasteiger partial charge in [-0.05, 0) is 37.0 Å². The lowest BCUT2D eigenvalue weighted by Gasteiger charge is -2.36. The van der Waals surface area contributed by atoms with Crippen molar-refractivity contribution < 1.29 is 14.6 Å². The molecule has 0 radical (unpaired) electrons. The van der Waals surface area contributed by atoms with Gasteiger partial charge >= 0.3 is 0 Å². The van der Waals surface area contributed by atoms with Crippen LogP contribution < -0.4 is 14.8 Å². The van der Waals surface area contributed by atoms with Crippen LogP contribution in [-0.2, 0) is 6.54 Å². The van der Waals surface area contributed by atoms with Gasteiger partial charge in [-0.3, -0.25) is 0 Å². The average Bonchev–Trinajstić information content (AvgIpc) is 2.43. The highest BCUT2D eigenvalue weighted by Crippen LogP contribution is 2.31. The highest BCUT2D eigenvalue weighted by atomic mass is 16.5. The molecule has 0 unspecified atom stereocenters. The van der Waals surface area contributed by atoms with Crippen molar-refractivity contribution >= 4 is 0 Å². The molecule has 1 fully saturated rings. The van der Waals surface area contributed by atoms with Crippen molar-refractivity contribution in [2.45, 2.75) is 31.4 Å². The van der Waals surface area contributed by atoms with E-state index in [0.29, 0.717) is 31.2 Å². The van der Waals surface area contributed by atoms with E-state index >= 15 is 0 Å². The molecule has 2 rings (SSSR count). The molecule has 4 nitrogen and oxygen atoms in total. The number of nitrogens with one attached hydrogen (secondary N) is 1. The molecule has 1 saturated carbocycles. The van der Waals surface area contributed by atoms with E-state index in [2.05, 4.69) is 11.9 Å². The molecule has 1 aliphatic rings. The van der Waals surface area contributed by atoms with E-state index in [9.17, 15) is 5.11 Å². The van der Waals surface area contributed by atoms with E-state index in [1.54, 1.807) is 13.2 Å². The van der Waals surface area contributed by atoms with Gasteiger partial charge in [-0.2, -0.15) is 0 Å². The molecule has 1 aromatic rings. The predicted octanol–water partition coefficient (Wildman–Crippen LogP) is 2.26. The third-order valence-corrected chi connectivity index (χ3v) is 3.65. The second kappa shape index (κ2) is 6.77. The number of hydrogen-bond donors (Lipinski definition) is 2. The Bertz CT molecular complexity index is 455. The number of ether oxygens (including phenoxy) is 2. The molecule has 0 atom stereocenters. The molecule has 20 heavy (non-hydrogen) atoms. The molecule has 1 aliphatic carbocycles. The largest absolute Gasteiger partial charge is 0.493 e. The number of methoxy groups -OCH3 is 1. The van der Waals surface area contributed by atoms with Crippen LogP contribution >= 0.6 is 0 Å². The maximum atomic E-state index is 10.0. The molecular formula is C16H23NO3. The second-order valence-corrected chi connectivity index (χ2v) is 5.27. The fourth-order valence-corrected chi connectivity index (χ4v) is 2.29. The minimum absolute atomic E-state index is 0.459. The minimum Gasteiger partial charge on any atom is -0.493 e. The van der Waals surface area contributed by atoms with Gasteiger partial charge in [0.15, 0.2) is 11.5 Å². The topological polar surface area (TPSA) is 50.7 Å². The van der Waals surface area contributed by atoms with Gasteiger partial charge in [-0.1, -0.05) is 18.7 Å². The van der Waals surface area contributed by atoms with Gasteiger partial charge in [0.1, 0.15) is 6.61 Å². The van der Waals surface area contributed by atoms with Gasteiger partial charge in [0.05, 0.1) is 12.7 Å². The van der Waals surface area contributed by atoms with Crippen molar-refractivity contribution in [2.24, 2.45) is 0 Å². The van der Waals surface area contributed by atoms with Crippen molar-refractivity contribution in [1.29, 1.82) is 0 Å². The zero-order valence-corrected chi connectivity index (χ0v) is 12.0. The average molecular weight is 277 g/mol. The maximum Gasteiger partial charge on any atom is 0.161 e. The normalized spacial score (nSPS) is 16.3. The molecule has 0 spiro atoms. The van der Waals surface area contributed by atoms with E-state index < -0.39 is 5.60 Å². The molecule has 0 amide bonds. The fourth-order valence-electron chi connectivity index (χ4n) is 2.29. The van der Waals surface area contributed by atoms with Crippen LogP contribution in [0.3, 0.4) is 0 Å². The van der Waals surface area contributed by atoms with E-state index in [4.69, 9.17) is 9.47 Å². The van der Waals surface area contributed by atoms with Gasteiger partial charge in [0.25, 0.3) is 0 Å². The van der Waals surface area contributed by atoms with Crippen LogP contribution in [0.1, 0.15) is 24.8 Å². The van der Waals surface area contributed by atoms with Crippen molar-refractivity contribution in [1.82, 2.24) is 5.32 Å². The highest BCUT2D eigenvalue weighted by molar-refractivity contribution is 5.43. The van der Waals surface area contributed by atoms with E-state index in [-0.39, 0.29) is 0 Å². The summed E-state index contributed by atoms with van der Waals surface area (Å²) in [5.41, 5.74) is 0.618. The van der Waals surface area contributed by atoms with Crippen LogP contribution in [-0.4, -0.2) is 31.0 Å². The Morgan fingerprint density at radius 1 is 1.40 bits per heavy atom. The van der Waals surface area contributed by atoms with Gasteiger partial charge in [0, 0.05) is 13.1 Å². The summed E-state index contributed by atoms with van der Waals surface area (Å²) in [6.45, 7) is 5.44. The predicted molar refractivity (Wildman–Crippen MR) is 79.2 cm³/mol. The fraction of sp³-hybridized carbons (Fsp3) is 0.500. The first kappa shape index (κ1) is 14.9. The van der Waals surface area contributed by atoms with Crippen molar-refractivity contribution in [3.05, 3.63) is 36.4 Å². The Kier molecular flexibility index (Phi) is 5.04. The van der Waals surface area contributed by atoms with Crippen molar-refractivity contribution in [2.75, 3.05) is 20.3 Å². The van der Waals surface area contributed by atoms with Gasteiger partial charge in [-0.25, -0.2) is 0 Å². The lowest BCUT2D eigenvalue weighted by molar-refractivity contribution is -0.0314. The Morgan fingerprint density at radius 3 is 2.80 bits per heavy atom. The van der Waals surface area contributed by atoms with Crippen molar-refractivity contribution in [3.63, 3.8) is 0 Å². The highest BCUT2D eigenvalue weighted by Gasteiger charge is 2.33. The van der Waals surface area contributed by atoms with Crippen LogP contribution in [0.4, 0.5) is 0 Å². The number of rotatable bonds is 8. The van der Waals surface area contributed by atoms with Crippen LogP contribution in [0.2, 0.25) is 0 Å². The molecule has 2 N–H and O–H groups in total. The monoisotopic (exact) mass is 277 g/mol. The molecule has 0 aromatic heterocycles. The zero-order chi connectivity index (χ0) is 14.4. The Hall–Kier alpha value is -1.52. The summed E-state index contributed by atoms with van der Waals surface area (Å²) in [4.78, 5) is 0. The first-order chi connectivity index (χ1) is 9.67. The molecule has 4 heteroatoms. The lowest BCUT2D eigenvalue weighted by atomic mass is 9.80. The minimum atomic E-state index is -0.489. The van der Waals surface area contributed by atoms with Crippen LogP contribution in [0, 0.1) is 0 Å². The first-order valence-electron chi connectivity index (χ1n) is 7.00. The van der Waals surface area contributed by atoms with Crippen LogP contribution in [0.15, 0.2) is 30.9 Å². The Morgan fingerprint density at radius 2 is 2.20 bits per heavy atom. The third kappa shape index (κ3) is 3.74. The third-order valence-electron chi connectivity index (χ3n) is 3.65. The van der Waals surface area contributed by atoms with Gasteiger partial charge in [0.2, 0.25) is 0 Å². The molecule has 1 aromatic carbocycles. The molecule has 0 heterocycles. The molecular weight excluding hydrogens is 254 g/mol. The van der Waals surface area contributed by atoms with Crippen LogP contribution in [0.5, 0.6) is 11.5 Å². The number of benzene rings is 1. The summed E-state index contributed by atoms with van der Waals surface area (Å²) in [6.07, 6.45) is 4.63. The summed E-state index contributed by atoms with van der Waals surface area (Å²) in [6, 6.07) is 5.85. The van der Waals surface area contributed by atoms with Crippen molar-refractivity contribution in [3.8, 4) is 11.5 Å². The summed E-state index contributed by atoms with van der Waals surface area (Å²) in [5, 5.41) is 13.3. The Balaban J connectivity index is 1.89. The van der Waals surface area contributed by atoms with E-state index in [1.807, 2.05) is 18.2 Å². The summed E-state index contributed by atoms with van der Waals surface area (Å²) in [5.74, 6) is 1.43. The molecule has 0 aliphatic heterocycles. The van der Waals surface area contributed by atoms with Gasteiger partial charge < -0.3 is 19.9 Å². The van der Waals surface area contributed by atoms with Gasteiger partial charge in [-0.15, -0.1) is 0 Å².